The highest BCUT2D eigenvalue weighted by molar-refractivity contribution is 7.85. The minimum atomic E-state index is -4.36. The number of carbonyl (C=O) groups excluding carboxylic acids is 1. The Balaban J connectivity index is 4.05. The van der Waals surface area contributed by atoms with Crippen molar-refractivity contribution >= 4 is 16.0 Å². The summed E-state index contributed by atoms with van der Waals surface area (Å²) in [6.07, 6.45) is 46.7. The number of aliphatic hydroxyl groups excluding tert-OH is 1. The molecule has 0 aliphatic rings. The second-order valence-electron chi connectivity index (χ2n) is 13.5. The highest BCUT2D eigenvalue weighted by Crippen LogP contribution is 2.12. The third-order valence-corrected chi connectivity index (χ3v) is 9.49. The summed E-state index contributed by atoms with van der Waals surface area (Å²) in [5.74, 6) is -1.02. The lowest BCUT2D eigenvalue weighted by Gasteiger charge is -2.21. The third-order valence-electron chi connectivity index (χ3n) is 8.71. The Bertz CT molecular complexity index is 940. The number of amides is 1. The zero-order valence-electron chi connectivity index (χ0n) is 31.1. The van der Waals surface area contributed by atoms with Crippen molar-refractivity contribution in [3.8, 4) is 0 Å². The Morgan fingerprint density at radius 3 is 1.31 bits per heavy atom. The molecule has 3 N–H and O–H groups in total. The smallest absolute Gasteiger partial charge is 0.267 e. The van der Waals surface area contributed by atoms with Crippen molar-refractivity contribution in [2.24, 2.45) is 0 Å². The molecule has 7 heteroatoms. The summed E-state index contributed by atoms with van der Waals surface area (Å²) in [6.45, 7) is 4.50. The minimum Gasteiger partial charge on any atom is -0.387 e. The maximum Gasteiger partial charge on any atom is 0.267 e. The molecule has 0 aromatic heterocycles. The van der Waals surface area contributed by atoms with Gasteiger partial charge in [0.2, 0.25) is 5.91 Å². The molecule has 0 rings (SSSR count). The monoisotopic (exact) mass is 694 g/mol. The van der Waals surface area contributed by atoms with Gasteiger partial charge < -0.3 is 10.4 Å². The molecule has 2 unspecified atom stereocenters. The van der Waals surface area contributed by atoms with Crippen molar-refractivity contribution in [3.05, 3.63) is 48.6 Å². The van der Waals surface area contributed by atoms with Crippen LogP contribution in [-0.2, 0) is 14.9 Å². The van der Waals surface area contributed by atoms with Crippen molar-refractivity contribution in [1.82, 2.24) is 5.32 Å². The van der Waals surface area contributed by atoms with E-state index in [1.807, 2.05) is 0 Å². The first-order valence-corrected chi connectivity index (χ1v) is 21.4. The van der Waals surface area contributed by atoms with Crippen LogP contribution in [0.2, 0.25) is 0 Å². The van der Waals surface area contributed by atoms with E-state index in [-0.39, 0.29) is 12.3 Å². The molecule has 0 bridgehead atoms. The van der Waals surface area contributed by atoms with Crippen molar-refractivity contribution in [3.63, 3.8) is 0 Å². The van der Waals surface area contributed by atoms with Crippen LogP contribution in [0.1, 0.15) is 187 Å². The lowest BCUT2D eigenvalue weighted by Crippen LogP contribution is -2.46. The number of unbranched alkanes of at least 4 members (excludes halogenated alkanes) is 21. The van der Waals surface area contributed by atoms with Crippen molar-refractivity contribution in [2.45, 2.75) is 199 Å². The number of allylic oxidation sites excluding steroid dienone is 7. The zero-order valence-corrected chi connectivity index (χ0v) is 31.9. The van der Waals surface area contributed by atoms with Crippen LogP contribution in [0.5, 0.6) is 0 Å². The van der Waals surface area contributed by atoms with Gasteiger partial charge in [-0.05, 0) is 70.6 Å². The van der Waals surface area contributed by atoms with Gasteiger partial charge in [0.1, 0.15) is 0 Å². The normalized spacial score (nSPS) is 13.8. The maximum atomic E-state index is 12.5. The van der Waals surface area contributed by atoms with E-state index in [1.54, 1.807) is 6.08 Å². The zero-order chi connectivity index (χ0) is 35.4. The number of rotatable bonds is 35. The Morgan fingerprint density at radius 2 is 0.896 bits per heavy atom. The van der Waals surface area contributed by atoms with E-state index in [9.17, 15) is 22.9 Å². The second kappa shape index (κ2) is 35.1. The van der Waals surface area contributed by atoms with E-state index in [1.165, 1.54) is 109 Å². The average Bonchev–Trinajstić information content (AvgIpc) is 3.05. The highest BCUT2D eigenvalue weighted by atomic mass is 32.2. The molecule has 0 saturated carbocycles. The summed E-state index contributed by atoms with van der Waals surface area (Å²) in [6, 6.07) is -1.08. The molecule has 0 aromatic rings. The van der Waals surface area contributed by atoms with Crippen LogP contribution in [0.25, 0.3) is 0 Å². The SMILES string of the molecule is CCCCCCC/C=C\CCCCCCCC(=O)NC(CS(=O)(=O)O)C(O)/C=C/CC/C=C/CC/C=C/CCCCCCCCCCC. The molecule has 2 atom stereocenters. The largest absolute Gasteiger partial charge is 0.387 e. The summed E-state index contributed by atoms with van der Waals surface area (Å²) in [5.41, 5.74) is 0. The molecule has 0 spiro atoms. The van der Waals surface area contributed by atoms with Gasteiger partial charge in [-0.15, -0.1) is 0 Å². The molecule has 0 radical (unpaired) electrons. The number of hydrogen-bond donors (Lipinski definition) is 3. The molecule has 0 heterocycles. The number of nitrogens with one attached hydrogen (secondary N) is 1. The van der Waals surface area contributed by atoms with Crippen molar-refractivity contribution < 1.29 is 22.9 Å². The summed E-state index contributed by atoms with van der Waals surface area (Å²) < 4.78 is 32.4. The lowest BCUT2D eigenvalue weighted by molar-refractivity contribution is -0.122. The van der Waals surface area contributed by atoms with Crippen molar-refractivity contribution in [1.29, 1.82) is 0 Å². The van der Waals surface area contributed by atoms with E-state index < -0.39 is 28.0 Å². The van der Waals surface area contributed by atoms with E-state index >= 15 is 0 Å². The van der Waals surface area contributed by atoms with E-state index in [0.29, 0.717) is 12.8 Å². The summed E-state index contributed by atoms with van der Waals surface area (Å²) >= 11 is 0. The fourth-order valence-electron chi connectivity index (χ4n) is 5.71. The first-order valence-electron chi connectivity index (χ1n) is 19.8. The van der Waals surface area contributed by atoms with Crippen LogP contribution in [0.15, 0.2) is 48.6 Å². The number of carbonyl (C=O) groups is 1. The predicted molar refractivity (Wildman–Crippen MR) is 207 cm³/mol. The third kappa shape index (κ3) is 35.6. The lowest BCUT2D eigenvalue weighted by atomic mass is 10.1. The second-order valence-corrected chi connectivity index (χ2v) is 15.0. The topological polar surface area (TPSA) is 104 Å². The van der Waals surface area contributed by atoms with Gasteiger partial charge in [0.05, 0.1) is 17.9 Å². The molecule has 0 aliphatic carbocycles. The summed E-state index contributed by atoms with van der Waals surface area (Å²) in [5, 5.41) is 13.2. The quantitative estimate of drug-likeness (QED) is 0.0348. The molecular formula is C41H75NO5S. The molecule has 6 nitrogen and oxygen atoms in total. The molecule has 0 aliphatic heterocycles. The molecule has 0 fully saturated rings. The van der Waals surface area contributed by atoms with Crippen LogP contribution in [-0.4, -0.2) is 41.9 Å². The van der Waals surface area contributed by atoms with Gasteiger partial charge in [-0.25, -0.2) is 0 Å². The molecule has 0 saturated heterocycles. The molecule has 0 aromatic carbocycles. The van der Waals surface area contributed by atoms with Gasteiger partial charge in [-0.2, -0.15) is 8.42 Å². The standard InChI is InChI=1S/C41H75NO5S/c1-3-5-7-9-11-13-15-17-19-20-21-22-23-24-26-28-30-32-34-36-40(43)39(38-48(45,46)47)42-41(44)37-35-33-31-29-27-25-18-16-14-12-10-8-6-4-2/h16,18,21-22,26,28,34,36,39-40,43H,3-15,17,19-20,23-25,27,29-33,35,37-38H2,1-2H3,(H,42,44)(H,45,46,47)/b18-16-,22-21+,28-26+,36-34+. The van der Waals surface area contributed by atoms with Gasteiger partial charge in [-0.1, -0.05) is 159 Å². The predicted octanol–water partition coefficient (Wildman–Crippen LogP) is 11.5. The van der Waals surface area contributed by atoms with Crippen LogP contribution < -0.4 is 5.32 Å². The van der Waals surface area contributed by atoms with Gasteiger partial charge in [-0.3, -0.25) is 9.35 Å². The van der Waals surface area contributed by atoms with E-state index in [2.05, 4.69) is 55.6 Å². The Kier molecular flexibility index (Phi) is 33.9. The number of hydrogen-bond acceptors (Lipinski definition) is 4. The average molecular weight is 694 g/mol. The molecule has 48 heavy (non-hydrogen) atoms. The fraction of sp³-hybridized carbons (Fsp3) is 0.780. The minimum absolute atomic E-state index is 0.273. The molecule has 1 amide bonds. The van der Waals surface area contributed by atoms with Gasteiger partial charge in [0, 0.05) is 6.42 Å². The summed E-state index contributed by atoms with van der Waals surface area (Å²) in [4.78, 5) is 12.5. The van der Waals surface area contributed by atoms with Gasteiger partial charge >= 0.3 is 0 Å². The van der Waals surface area contributed by atoms with Gasteiger partial charge in [0.15, 0.2) is 0 Å². The van der Waals surface area contributed by atoms with Crippen LogP contribution in [0.4, 0.5) is 0 Å². The van der Waals surface area contributed by atoms with E-state index in [0.717, 1.165) is 51.4 Å². The van der Waals surface area contributed by atoms with Gasteiger partial charge in [0.25, 0.3) is 10.1 Å². The van der Waals surface area contributed by atoms with E-state index in [4.69, 9.17) is 0 Å². The Hall–Kier alpha value is -1.70. The van der Waals surface area contributed by atoms with Crippen LogP contribution >= 0.6 is 0 Å². The first kappa shape index (κ1) is 46.3. The first-order chi connectivity index (χ1) is 23.3. The Morgan fingerprint density at radius 1 is 0.542 bits per heavy atom. The molecule has 280 valence electrons. The summed E-state index contributed by atoms with van der Waals surface area (Å²) in [7, 11) is -4.36. The Labute approximate surface area is 297 Å². The number of aliphatic hydroxyl groups is 1. The maximum absolute atomic E-state index is 12.5. The van der Waals surface area contributed by atoms with Crippen molar-refractivity contribution in [2.75, 3.05) is 5.75 Å². The fourth-order valence-corrected chi connectivity index (χ4v) is 6.44. The highest BCUT2D eigenvalue weighted by Gasteiger charge is 2.24. The van der Waals surface area contributed by atoms with Crippen LogP contribution in [0, 0.1) is 0 Å². The van der Waals surface area contributed by atoms with Crippen LogP contribution in [0.3, 0.4) is 0 Å². The molecular weight excluding hydrogens is 619 g/mol.